The van der Waals surface area contributed by atoms with Gasteiger partial charge in [-0.1, -0.05) is 60.1 Å². The lowest BCUT2D eigenvalue weighted by Gasteiger charge is -2.71. The van der Waals surface area contributed by atoms with E-state index in [1.165, 1.54) is 5.57 Å². The Kier molecular flexibility index (Phi) is 7.62. The first-order valence-corrected chi connectivity index (χ1v) is 17.2. The first kappa shape index (κ1) is 32.0. The van der Waals surface area contributed by atoms with Gasteiger partial charge in [0.2, 0.25) is 0 Å². The number of carboxylic acids is 1. The van der Waals surface area contributed by atoms with Crippen molar-refractivity contribution in [2.24, 2.45) is 56.7 Å². The largest absolute Gasteiger partial charge is 0.481 e. The zero-order chi connectivity index (χ0) is 31.5. The lowest BCUT2D eigenvalue weighted by atomic mass is 9.33. The summed E-state index contributed by atoms with van der Waals surface area (Å²) in [6.07, 6.45) is 5.71. The second-order valence-electron chi connectivity index (χ2n) is 17.3. The number of ether oxygens (including phenoxy) is 2. The van der Waals surface area contributed by atoms with Gasteiger partial charge in [0.05, 0.1) is 17.6 Å². The van der Waals surface area contributed by atoms with Crippen molar-refractivity contribution in [3.63, 3.8) is 0 Å². The van der Waals surface area contributed by atoms with Crippen molar-refractivity contribution in [2.75, 3.05) is 0 Å². The van der Waals surface area contributed by atoms with Gasteiger partial charge in [-0.25, -0.2) is 0 Å². The van der Waals surface area contributed by atoms with Crippen molar-refractivity contribution in [3.05, 3.63) is 11.6 Å². The molecule has 4 saturated carbocycles. The second-order valence-corrected chi connectivity index (χ2v) is 17.3. The van der Waals surface area contributed by atoms with Gasteiger partial charge in [-0.3, -0.25) is 4.79 Å². The molecule has 4 N–H and O–H groups in total. The fraction of sp³-hybridized carbons (Fsp3) is 0.917. The Bertz CT molecular complexity index is 1150. The average Bonchev–Trinajstić information content (AvgIpc) is 2.94. The first-order chi connectivity index (χ1) is 20.0. The van der Waals surface area contributed by atoms with E-state index in [4.69, 9.17) is 9.47 Å². The highest BCUT2D eigenvalue weighted by Crippen LogP contribution is 2.76. The summed E-state index contributed by atoms with van der Waals surface area (Å²) in [5.41, 5.74) is 0.856. The summed E-state index contributed by atoms with van der Waals surface area (Å²) < 4.78 is 12.4. The molecule has 1 saturated heterocycles. The zero-order valence-corrected chi connectivity index (χ0v) is 27.8. The van der Waals surface area contributed by atoms with Crippen molar-refractivity contribution in [3.8, 4) is 0 Å². The van der Waals surface area contributed by atoms with E-state index >= 15 is 0 Å². The van der Waals surface area contributed by atoms with Crippen LogP contribution in [0.4, 0.5) is 0 Å². The van der Waals surface area contributed by atoms with Gasteiger partial charge in [-0.15, -0.1) is 0 Å². The molecule has 1 heterocycles. The minimum Gasteiger partial charge on any atom is -0.481 e. The first-order valence-electron chi connectivity index (χ1n) is 17.2. The Morgan fingerprint density at radius 1 is 0.860 bits per heavy atom. The maximum atomic E-state index is 13.0. The molecule has 5 aliphatic carbocycles. The predicted octanol–water partition coefficient (Wildman–Crippen LogP) is 5.94. The fourth-order valence-corrected chi connectivity index (χ4v) is 12.4. The number of carboxylic acid groups (broad SMARTS) is 1. The molecule has 0 radical (unpaired) electrons. The van der Waals surface area contributed by atoms with Crippen LogP contribution in [0.2, 0.25) is 0 Å². The molecule has 7 heteroatoms. The molecule has 0 aromatic carbocycles. The SMILES string of the molecule is C[C@H]1[C@H](C)CC[C@]2(C(=O)O)CC[C@]3(C)C(=CC[C@@H]4[C@@]5(C)CC[C@H](O[C@@H]6O[C@@H](C)[C@H](O)[C@@H](O)[C@H]6O)C(C)(C)C5CC[C@]43C)[C@H]12. The van der Waals surface area contributed by atoms with Gasteiger partial charge >= 0.3 is 5.97 Å². The molecule has 5 fully saturated rings. The third kappa shape index (κ3) is 4.19. The number of aliphatic hydroxyl groups is 3. The quantitative estimate of drug-likeness (QED) is 0.233. The number of aliphatic hydroxyl groups excluding tert-OH is 3. The lowest BCUT2D eigenvalue weighted by molar-refractivity contribution is -0.324. The summed E-state index contributed by atoms with van der Waals surface area (Å²) >= 11 is 0. The molecule has 7 nitrogen and oxygen atoms in total. The van der Waals surface area contributed by atoms with Crippen molar-refractivity contribution >= 4 is 5.97 Å². The summed E-state index contributed by atoms with van der Waals surface area (Å²) in [7, 11) is 0. The van der Waals surface area contributed by atoms with E-state index in [1.807, 2.05) is 0 Å². The van der Waals surface area contributed by atoms with Gasteiger partial charge in [0, 0.05) is 0 Å². The monoisotopic (exact) mass is 602 g/mol. The number of rotatable bonds is 3. The van der Waals surface area contributed by atoms with Crippen molar-refractivity contribution in [1.82, 2.24) is 0 Å². The highest BCUT2D eigenvalue weighted by Gasteiger charge is 2.69. The van der Waals surface area contributed by atoms with Gasteiger partial charge < -0.3 is 29.9 Å². The van der Waals surface area contributed by atoms with E-state index in [9.17, 15) is 25.2 Å². The van der Waals surface area contributed by atoms with E-state index in [2.05, 4.69) is 54.5 Å². The molecular weight excluding hydrogens is 544 g/mol. The van der Waals surface area contributed by atoms with Gasteiger partial charge in [0.25, 0.3) is 0 Å². The zero-order valence-electron chi connectivity index (χ0n) is 27.8. The van der Waals surface area contributed by atoms with Crippen LogP contribution >= 0.6 is 0 Å². The Morgan fingerprint density at radius 2 is 1.56 bits per heavy atom. The molecule has 244 valence electrons. The lowest BCUT2D eigenvalue weighted by Crippen LogP contribution is -2.66. The second kappa shape index (κ2) is 10.3. The van der Waals surface area contributed by atoms with E-state index in [1.54, 1.807) is 6.92 Å². The molecule has 0 aromatic heterocycles. The van der Waals surface area contributed by atoms with Gasteiger partial charge in [0.1, 0.15) is 18.3 Å². The third-order valence-corrected chi connectivity index (χ3v) is 15.5. The van der Waals surface area contributed by atoms with E-state index in [0.717, 1.165) is 57.8 Å². The molecular formula is C36H58O7. The molecule has 0 spiro atoms. The molecule has 15 atom stereocenters. The number of carbonyl (C=O) groups is 1. The summed E-state index contributed by atoms with van der Waals surface area (Å²) in [4.78, 5) is 13.0. The number of aliphatic carboxylic acids is 1. The third-order valence-electron chi connectivity index (χ3n) is 15.5. The Labute approximate surface area is 258 Å². The molecule has 6 aliphatic rings. The van der Waals surface area contributed by atoms with Gasteiger partial charge in [-0.2, -0.15) is 0 Å². The van der Waals surface area contributed by atoms with Crippen LogP contribution in [0.1, 0.15) is 113 Å². The summed E-state index contributed by atoms with van der Waals surface area (Å²) in [6, 6.07) is 0. The summed E-state index contributed by atoms with van der Waals surface area (Å²) in [6.45, 7) is 18.5. The molecule has 1 aliphatic heterocycles. The van der Waals surface area contributed by atoms with Gasteiger partial charge in [-0.05, 0) is 116 Å². The molecule has 0 amide bonds. The van der Waals surface area contributed by atoms with Crippen molar-refractivity contribution in [1.29, 1.82) is 0 Å². The standard InChI is InChI=1S/C36H58O7/c1-19-11-16-36(31(40)41)18-17-34(7)22(26(36)20(19)2)9-10-24-33(6)14-13-25(32(4,5)23(33)12-15-35(24,34)8)43-30-29(39)28(38)27(37)21(3)42-30/h9,19-21,23-30,37-39H,10-18H2,1-8H3,(H,40,41)/t19-,20+,21+,23?,24-,25+,26+,27+,28-,29-,30+,33+,34-,35-,36+/m1/s1. The number of hydrogen-bond acceptors (Lipinski definition) is 6. The van der Waals surface area contributed by atoms with Crippen LogP contribution in [-0.2, 0) is 14.3 Å². The van der Waals surface area contributed by atoms with Crippen LogP contribution in [0.5, 0.6) is 0 Å². The predicted molar refractivity (Wildman–Crippen MR) is 164 cm³/mol. The normalized spacial score (nSPS) is 56.1. The Morgan fingerprint density at radius 3 is 2.23 bits per heavy atom. The smallest absolute Gasteiger partial charge is 0.310 e. The van der Waals surface area contributed by atoms with Crippen LogP contribution in [0.3, 0.4) is 0 Å². The Balaban J connectivity index is 1.30. The Hall–Kier alpha value is -0.990. The van der Waals surface area contributed by atoms with Crippen LogP contribution in [-0.4, -0.2) is 63.2 Å². The van der Waals surface area contributed by atoms with Crippen molar-refractivity contribution < 1.29 is 34.7 Å². The number of fused-ring (bicyclic) bond motifs is 7. The number of hydrogen-bond donors (Lipinski definition) is 4. The average molecular weight is 603 g/mol. The van der Waals surface area contributed by atoms with E-state index in [0.29, 0.717) is 23.7 Å². The van der Waals surface area contributed by atoms with Crippen LogP contribution in [0, 0.1) is 56.7 Å². The topological polar surface area (TPSA) is 116 Å². The van der Waals surface area contributed by atoms with E-state index in [-0.39, 0.29) is 33.7 Å². The maximum Gasteiger partial charge on any atom is 0.310 e. The van der Waals surface area contributed by atoms with Crippen LogP contribution in [0.25, 0.3) is 0 Å². The minimum absolute atomic E-state index is 0.0104. The van der Waals surface area contributed by atoms with E-state index < -0.39 is 42.1 Å². The summed E-state index contributed by atoms with van der Waals surface area (Å²) in [5.74, 6) is 1.36. The highest BCUT2D eigenvalue weighted by atomic mass is 16.7. The summed E-state index contributed by atoms with van der Waals surface area (Å²) in [5, 5.41) is 41.9. The number of allylic oxidation sites excluding steroid dienone is 2. The molecule has 0 bridgehead atoms. The minimum atomic E-state index is -1.30. The molecule has 6 rings (SSSR count). The molecule has 0 aromatic rings. The highest BCUT2D eigenvalue weighted by molar-refractivity contribution is 5.76. The van der Waals surface area contributed by atoms with Gasteiger partial charge in [0.15, 0.2) is 6.29 Å². The van der Waals surface area contributed by atoms with Crippen LogP contribution in [0.15, 0.2) is 11.6 Å². The fourth-order valence-electron chi connectivity index (χ4n) is 12.4. The molecule has 1 unspecified atom stereocenters. The van der Waals surface area contributed by atoms with Crippen molar-refractivity contribution in [2.45, 2.75) is 150 Å². The molecule has 43 heavy (non-hydrogen) atoms. The van der Waals surface area contributed by atoms with Crippen LogP contribution < -0.4 is 0 Å². The maximum absolute atomic E-state index is 13.0.